The molecule has 0 spiro atoms. The van der Waals surface area contributed by atoms with Crippen molar-refractivity contribution in [2.75, 3.05) is 26.7 Å². The van der Waals surface area contributed by atoms with Crippen molar-refractivity contribution in [2.24, 2.45) is 0 Å². The van der Waals surface area contributed by atoms with Crippen molar-refractivity contribution in [3.63, 3.8) is 0 Å². The van der Waals surface area contributed by atoms with Gasteiger partial charge in [-0.15, -0.1) is 11.3 Å². The zero-order valence-electron chi connectivity index (χ0n) is 12.6. The molecule has 1 aromatic rings. The molecule has 1 aliphatic rings. The summed E-state index contributed by atoms with van der Waals surface area (Å²) in [6.45, 7) is 7.94. The van der Waals surface area contributed by atoms with Gasteiger partial charge in [0.15, 0.2) is 0 Å². The number of hydrogen-bond acceptors (Lipinski definition) is 4. The van der Waals surface area contributed by atoms with Crippen LogP contribution < -0.4 is 0 Å². The average molecular weight is 292 g/mol. The normalized spacial score (nSPS) is 24.4. The Morgan fingerprint density at radius 2 is 2.05 bits per heavy atom. The number of rotatable bonds is 3. The van der Waals surface area contributed by atoms with E-state index in [1.54, 1.807) is 11.3 Å². The first-order valence-electron chi connectivity index (χ1n) is 7.22. The average Bonchev–Trinajstić information content (AvgIpc) is 2.84. The van der Waals surface area contributed by atoms with Crippen LogP contribution in [0.4, 0.5) is 0 Å². The lowest BCUT2D eigenvalue weighted by atomic mass is 10.1. The van der Waals surface area contributed by atoms with Gasteiger partial charge in [0.25, 0.3) is 0 Å². The maximum absolute atomic E-state index is 8.80. The highest BCUT2D eigenvalue weighted by Gasteiger charge is 2.26. The van der Waals surface area contributed by atoms with Crippen molar-refractivity contribution in [1.29, 1.82) is 0 Å². The maximum Gasteiger partial charge on any atom is 0.0540 e. The number of nitrogens with zero attached hydrogens (tertiary/aromatic N) is 2. The molecule has 3 nitrogen and oxygen atoms in total. The van der Waals surface area contributed by atoms with Gasteiger partial charge in [0.1, 0.15) is 0 Å². The molecule has 0 aliphatic carbocycles. The van der Waals surface area contributed by atoms with Gasteiger partial charge in [0, 0.05) is 48.6 Å². The van der Waals surface area contributed by atoms with Crippen LogP contribution in [-0.4, -0.2) is 53.7 Å². The molecule has 0 saturated carbocycles. The minimum Gasteiger partial charge on any atom is -0.395 e. The molecule has 0 bridgehead atoms. The van der Waals surface area contributed by atoms with Crippen molar-refractivity contribution in [1.82, 2.24) is 9.80 Å². The molecule has 2 rings (SSSR count). The second-order valence-electron chi connectivity index (χ2n) is 5.59. The van der Waals surface area contributed by atoms with E-state index in [1.165, 1.54) is 4.88 Å². The Hall–Kier alpha value is -0.860. The van der Waals surface area contributed by atoms with Gasteiger partial charge in [-0.25, -0.2) is 0 Å². The predicted molar refractivity (Wildman–Crippen MR) is 84.9 cm³/mol. The molecule has 0 aromatic carbocycles. The molecule has 110 valence electrons. The van der Waals surface area contributed by atoms with E-state index < -0.39 is 0 Å². The number of piperazine rings is 1. The van der Waals surface area contributed by atoms with Gasteiger partial charge in [-0.05, 0) is 32.3 Å². The van der Waals surface area contributed by atoms with Gasteiger partial charge in [0.05, 0.1) is 6.61 Å². The Kier molecular flexibility index (Phi) is 5.62. The quantitative estimate of drug-likeness (QED) is 0.863. The van der Waals surface area contributed by atoms with Crippen LogP contribution in [0.25, 0.3) is 0 Å². The molecule has 1 aromatic heterocycles. The first-order valence-corrected chi connectivity index (χ1v) is 8.10. The van der Waals surface area contributed by atoms with E-state index in [4.69, 9.17) is 5.11 Å². The Labute approximate surface area is 126 Å². The van der Waals surface area contributed by atoms with Crippen molar-refractivity contribution >= 4 is 11.3 Å². The van der Waals surface area contributed by atoms with Gasteiger partial charge in [-0.1, -0.05) is 11.8 Å². The van der Waals surface area contributed by atoms with Crippen LogP contribution in [0.15, 0.2) is 11.4 Å². The smallest absolute Gasteiger partial charge is 0.0540 e. The topological polar surface area (TPSA) is 26.7 Å². The number of aliphatic hydroxyl groups is 1. The van der Waals surface area contributed by atoms with Crippen LogP contribution in [0.1, 0.15) is 30.7 Å². The molecular weight excluding hydrogens is 268 g/mol. The summed E-state index contributed by atoms with van der Waals surface area (Å²) in [5.74, 6) is 6.20. The second kappa shape index (κ2) is 7.24. The third kappa shape index (κ3) is 3.83. The van der Waals surface area contributed by atoms with Crippen LogP contribution in [0, 0.1) is 11.8 Å². The van der Waals surface area contributed by atoms with Crippen LogP contribution in [0.5, 0.6) is 0 Å². The molecule has 4 heteroatoms. The molecule has 0 amide bonds. The zero-order chi connectivity index (χ0) is 14.5. The predicted octanol–water partition coefficient (Wildman–Crippen LogP) is 2.01. The first-order chi connectivity index (χ1) is 9.61. The number of hydrogen-bond donors (Lipinski definition) is 1. The molecule has 2 heterocycles. The fourth-order valence-corrected chi connectivity index (χ4v) is 3.51. The fourth-order valence-electron chi connectivity index (χ4n) is 2.63. The molecule has 2 unspecified atom stereocenters. The third-order valence-corrected chi connectivity index (χ3v) is 4.91. The Morgan fingerprint density at radius 1 is 1.35 bits per heavy atom. The first kappa shape index (κ1) is 15.5. The monoisotopic (exact) mass is 292 g/mol. The lowest BCUT2D eigenvalue weighted by Crippen LogP contribution is -2.54. The van der Waals surface area contributed by atoms with Gasteiger partial charge in [-0.2, -0.15) is 0 Å². The highest BCUT2D eigenvalue weighted by molar-refractivity contribution is 7.10. The maximum atomic E-state index is 8.80. The minimum atomic E-state index is 0.139. The zero-order valence-corrected chi connectivity index (χ0v) is 13.4. The van der Waals surface area contributed by atoms with Crippen molar-refractivity contribution in [2.45, 2.75) is 38.9 Å². The summed E-state index contributed by atoms with van der Waals surface area (Å²) in [6, 6.07) is 3.29. The van der Waals surface area contributed by atoms with Crippen LogP contribution >= 0.6 is 11.3 Å². The number of likely N-dealkylation sites (N-methyl/N-ethyl adjacent to an activating group) is 1. The molecule has 20 heavy (non-hydrogen) atoms. The van der Waals surface area contributed by atoms with Gasteiger partial charge < -0.3 is 5.11 Å². The van der Waals surface area contributed by atoms with E-state index in [0.717, 1.165) is 25.2 Å². The summed E-state index contributed by atoms with van der Waals surface area (Å²) >= 11 is 1.78. The van der Waals surface area contributed by atoms with E-state index in [9.17, 15) is 0 Å². The van der Waals surface area contributed by atoms with E-state index in [0.29, 0.717) is 18.5 Å². The van der Waals surface area contributed by atoms with Crippen molar-refractivity contribution in [3.8, 4) is 11.8 Å². The highest BCUT2D eigenvalue weighted by Crippen LogP contribution is 2.21. The lowest BCUT2D eigenvalue weighted by Gasteiger charge is -2.42. The minimum absolute atomic E-state index is 0.139. The van der Waals surface area contributed by atoms with E-state index in [1.807, 2.05) is 0 Å². The summed E-state index contributed by atoms with van der Waals surface area (Å²) < 4.78 is 0. The molecule has 1 aliphatic heterocycles. The molecular formula is C16H24N2OS. The largest absolute Gasteiger partial charge is 0.395 e. The molecule has 2 atom stereocenters. The van der Waals surface area contributed by atoms with E-state index >= 15 is 0 Å². The van der Waals surface area contributed by atoms with E-state index in [2.05, 4.69) is 54.0 Å². The van der Waals surface area contributed by atoms with Crippen LogP contribution in [0.2, 0.25) is 0 Å². The lowest BCUT2D eigenvalue weighted by molar-refractivity contribution is 0.0562. The SMILES string of the molecule is CC1CN(Cc2sccc2C#CCCO)CC(C)N1C. The third-order valence-electron chi connectivity index (χ3n) is 4.01. The molecule has 1 saturated heterocycles. The molecule has 0 radical (unpaired) electrons. The van der Waals surface area contributed by atoms with Crippen LogP contribution in [-0.2, 0) is 6.54 Å². The summed E-state index contributed by atoms with van der Waals surface area (Å²) in [5.41, 5.74) is 1.13. The Balaban J connectivity index is 2.01. The van der Waals surface area contributed by atoms with Gasteiger partial charge in [-0.3, -0.25) is 9.80 Å². The summed E-state index contributed by atoms with van der Waals surface area (Å²) in [4.78, 5) is 6.32. The second-order valence-corrected chi connectivity index (χ2v) is 6.59. The Bertz CT molecular complexity index is 476. The van der Waals surface area contributed by atoms with Crippen LogP contribution in [0.3, 0.4) is 0 Å². The highest BCUT2D eigenvalue weighted by atomic mass is 32.1. The molecule has 1 N–H and O–H groups in total. The number of thiophene rings is 1. The standard InChI is InChI=1S/C16H24N2OS/c1-13-10-18(11-14(2)17(13)3)12-16-15(7-9-20-16)6-4-5-8-19/h7,9,13-14,19H,5,8,10-12H2,1-3H3. The Morgan fingerprint density at radius 3 is 2.70 bits per heavy atom. The van der Waals surface area contributed by atoms with Gasteiger partial charge >= 0.3 is 0 Å². The van der Waals surface area contributed by atoms with Crippen molar-refractivity contribution in [3.05, 3.63) is 21.9 Å². The number of aliphatic hydroxyl groups excluding tert-OH is 1. The summed E-state index contributed by atoms with van der Waals surface area (Å²) in [6.07, 6.45) is 0.553. The fraction of sp³-hybridized carbons (Fsp3) is 0.625. The van der Waals surface area contributed by atoms with Gasteiger partial charge in [0.2, 0.25) is 0 Å². The summed E-state index contributed by atoms with van der Waals surface area (Å²) in [5, 5.41) is 10.9. The van der Waals surface area contributed by atoms with E-state index in [-0.39, 0.29) is 6.61 Å². The summed E-state index contributed by atoms with van der Waals surface area (Å²) in [7, 11) is 2.21. The molecule has 1 fully saturated rings. The van der Waals surface area contributed by atoms with Crippen molar-refractivity contribution < 1.29 is 5.11 Å².